The van der Waals surface area contributed by atoms with Crippen LogP contribution in [-0.2, 0) is 4.79 Å². The van der Waals surface area contributed by atoms with Crippen LogP contribution in [0.5, 0.6) is 0 Å². The lowest BCUT2D eigenvalue weighted by Crippen LogP contribution is -2.09. The molecule has 35 heavy (non-hydrogen) atoms. The number of H-pyrrole nitrogens is 2. The molecule has 0 atom stereocenters. The zero-order chi connectivity index (χ0) is 23.8. The number of pyridine rings is 2. The van der Waals surface area contributed by atoms with Crippen LogP contribution >= 0.6 is 0 Å². The van der Waals surface area contributed by atoms with Gasteiger partial charge in [-0.15, -0.1) is 0 Å². The average Bonchev–Trinajstić information content (AvgIpc) is 3.53. The van der Waals surface area contributed by atoms with Crippen molar-refractivity contribution in [2.75, 3.05) is 5.32 Å². The topological polar surface area (TPSA) is 112 Å². The van der Waals surface area contributed by atoms with E-state index in [1.54, 1.807) is 24.8 Å². The van der Waals surface area contributed by atoms with E-state index < -0.39 is 0 Å². The monoisotopic (exact) mass is 459 g/mol. The highest BCUT2D eigenvalue weighted by Crippen LogP contribution is 2.33. The van der Waals surface area contributed by atoms with Gasteiger partial charge in [0.25, 0.3) is 0 Å². The second-order valence-electron chi connectivity index (χ2n) is 8.22. The van der Waals surface area contributed by atoms with E-state index in [4.69, 9.17) is 4.98 Å². The lowest BCUT2D eigenvalue weighted by atomic mass is 10.0. The Kier molecular flexibility index (Phi) is 5.03. The number of aromatic amines is 2. The summed E-state index contributed by atoms with van der Waals surface area (Å²) in [5.74, 6) is 0.638. The zero-order valence-electron chi connectivity index (χ0n) is 18.9. The first kappa shape index (κ1) is 20.7. The number of fused-ring (bicyclic) bond motifs is 2. The Labute approximate surface area is 200 Å². The van der Waals surface area contributed by atoms with Crippen LogP contribution in [-0.4, -0.2) is 36.0 Å². The Morgan fingerprint density at radius 2 is 1.80 bits per heavy atom. The molecule has 3 N–H and O–H groups in total. The fourth-order valence-electron chi connectivity index (χ4n) is 4.20. The molecule has 8 nitrogen and oxygen atoms in total. The molecular weight excluding hydrogens is 438 g/mol. The SMILES string of the molecule is CCC(=O)Nc1cncc(-c2ccc3[nH]nc(-c4nc5c(-c6ccncc6)cccc5[nH]4)c3c2)c1. The number of hydrogen-bond acceptors (Lipinski definition) is 5. The highest BCUT2D eigenvalue weighted by molar-refractivity contribution is 5.98. The molecule has 0 fully saturated rings. The standard InChI is InChI=1S/C27H21N7O/c1-2-24(35)30-19-12-18(14-29-15-19)17-6-7-22-21(13-17)26(34-33-22)27-31-23-5-3-4-20(25(23)32-27)16-8-10-28-11-9-16/h3-15H,2H2,1H3,(H,30,35)(H,31,32)(H,33,34). The van der Waals surface area contributed by atoms with Gasteiger partial charge in [-0.1, -0.05) is 25.1 Å². The molecule has 8 heteroatoms. The highest BCUT2D eigenvalue weighted by atomic mass is 16.1. The number of anilines is 1. The van der Waals surface area contributed by atoms with Crippen LogP contribution in [0.1, 0.15) is 13.3 Å². The second kappa shape index (κ2) is 8.49. The van der Waals surface area contributed by atoms with Crippen molar-refractivity contribution in [1.29, 1.82) is 0 Å². The third-order valence-electron chi connectivity index (χ3n) is 5.97. The molecule has 6 aromatic rings. The minimum absolute atomic E-state index is 0.0486. The molecule has 0 saturated carbocycles. The Morgan fingerprint density at radius 1 is 0.914 bits per heavy atom. The normalized spacial score (nSPS) is 11.2. The minimum atomic E-state index is -0.0486. The molecule has 6 rings (SSSR count). The first-order valence-corrected chi connectivity index (χ1v) is 11.3. The number of aromatic nitrogens is 6. The summed E-state index contributed by atoms with van der Waals surface area (Å²) in [4.78, 5) is 28.6. The molecule has 170 valence electrons. The Bertz CT molecular complexity index is 1680. The summed E-state index contributed by atoms with van der Waals surface area (Å²) in [6, 6.07) is 18.0. The number of benzene rings is 2. The predicted octanol–water partition coefficient (Wildman–Crippen LogP) is 5.58. The van der Waals surface area contributed by atoms with Crippen molar-refractivity contribution in [1.82, 2.24) is 30.1 Å². The van der Waals surface area contributed by atoms with Crippen molar-refractivity contribution < 1.29 is 4.79 Å². The number of carbonyl (C=O) groups excluding carboxylic acids is 1. The third kappa shape index (κ3) is 3.80. The lowest BCUT2D eigenvalue weighted by Gasteiger charge is -2.06. The number of nitrogens with one attached hydrogen (secondary N) is 3. The minimum Gasteiger partial charge on any atom is -0.337 e. The van der Waals surface area contributed by atoms with Crippen molar-refractivity contribution >= 4 is 33.5 Å². The maximum absolute atomic E-state index is 11.8. The molecule has 0 aliphatic rings. The van der Waals surface area contributed by atoms with Gasteiger partial charge >= 0.3 is 0 Å². The summed E-state index contributed by atoms with van der Waals surface area (Å²) in [6.45, 7) is 1.82. The van der Waals surface area contributed by atoms with E-state index in [-0.39, 0.29) is 5.91 Å². The summed E-state index contributed by atoms with van der Waals surface area (Å²) >= 11 is 0. The number of para-hydroxylation sites is 1. The molecule has 0 spiro atoms. The second-order valence-corrected chi connectivity index (χ2v) is 8.22. The van der Waals surface area contributed by atoms with Crippen molar-refractivity contribution in [3.05, 3.63) is 79.4 Å². The number of nitrogens with zero attached hydrogens (tertiary/aromatic N) is 4. The molecule has 4 aromatic heterocycles. The molecule has 4 heterocycles. The van der Waals surface area contributed by atoms with Crippen LogP contribution in [0.3, 0.4) is 0 Å². The maximum atomic E-state index is 11.8. The van der Waals surface area contributed by atoms with Gasteiger partial charge in [0.1, 0.15) is 5.69 Å². The molecule has 0 unspecified atom stereocenters. The lowest BCUT2D eigenvalue weighted by molar-refractivity contribution is -0.115. The molecule has 0 bridgehead atoms. The number of carbonyl (C=O) groups is 1. The van der Waals surface area contributed by atoms with E-state index in [1.165, 1.54) is 0 Å². The van der Waals surface area contributed by atoms with Gasteiger partial charge in [-0.2, -0.15) is 5.10 Å². The van der Waals surface area contributed by atoms with Gasteiger partial charge in [0, 0.05) is 41.5 Å². The molecule has 0 saturated heterocycles. The molecule has 0 aliphatic carbocycles. The number of imidazole rings is 1. The van der Waals surface area contributed by atoms with Crippen LogP contribution in [0.2, 0.25) is 0 Å². The summed E-state index contributed by atoms with van der Waals surface area (Å²) in [5.41, 5.74) is 8.08. The molecule has 0 aliphatic heterocycles. The van der Waals surface area contributed by atoms with Crippen LogP contribution in [0.4, 0.5) is 5.69 Å². The van der Waals surface area contributed by atoms with Gasteiger partial charge in [-0.3, -0.25) is 19.9 Å². The van der Waals surface area contributed by atoms with E-state index in [0.717, 1.165) is 49.9 Å². The molecule has 1 amide bonds. The Balaban J connectivity index is 1.43. The zero-order valence-corrected chi connectivity index (χ0v) is 18.9. The average molecular weight is 460 g/mol. The van der Waals surface area contributed by atoms with Crippen molar-refractivity contribution in [2.45, 2.75) is 13.3 Å². The largest absolute Gasteiger partial charge is 0.337 e. The van der Waals surface area contributed by atoms with E-state index in [2.05, 4.69) is 42.6 Å². The predicted molar refractivity (Wildman–Crippen MR) is 137 cm³/mol. The Morgan fingerprint density at radius 3 is 2.66 bits per heavy atom. The fourth-order valence-corrected chi connectivity index (χ4v) is 4.20. The van der Waals surface area contributed by atoms with Crippen LogP contribution in [0.15, 0.2) is 79.4 Å². The number of amides is 1. The van der Waals surface area contributed by atoms with Crippen molar-refractivity contribution in [3.8, 4) is 33.8 Å². The summed E-state index contributed by atoms with van der Waals surface area (Å²) in [6.07, 6.45) is 7.40. The van der Waals surface area contributed by atoms with Crippen LogP contribution < -0.4 is 5.32 Å². The van der Waals surface area contributed by atoms with Crippen molar-refractivity contribution in [3.63, 3.8) is 0 Å². The van der Waals surface area contributed by atoms with Crippen molar-refractivity contribution in [2.24, 2.45) is 0 Å². The van der Waals surface area contributed by atoms with E-state index in [9.17, 15) is 4.79 Å². The van der Waals surface area contributed by atoms with Gasteiger partial charge in [-0.05, 0) is 47.5 Å². The van der Waals surface area contributed by atoms with Crippen LogP contribution in [0.25, 0.3) is 55.7 Å². The third-order valence-corrected chi connectivity index (χ3v) is 5.97. The molecular formula is C27H21N7O. The first-order valence-electron chi connectivity index (χ1n) is 11.3. The molecule has 0 radical (unpaired) electrons. The smallest absolute Gasteiger partial charge is 0.224 e. The van der Waals surface area contributed by atoms with Gasteiger partial charge in [-0.25, -0.2) is 4.98 Å². The highest BCUT2D eigenvalue weighted by Gasteiger charge is 2.16. The summed E-state index contributed by atoms with van der Waals surface area (Å²) in [7, 11) is 0. The van der Waals surface area contributed by atoms with Gasteiger partial charge < -0.3 is 10.3 Å². The van der Waals surface area contributed by atoms with Gasteiger partial charge in [0.2, 0.25) is 5.91 Å². The Hall–Kier alpha value is -4.85. The fraction of sp³-hybridized carbons (Fsp3) is 0.0741. The van der Waals surface area contributed by atoms with Gasteiger partial charge in [0.15, 0.2) is 5.82 Å². The van der Waals surface area contributed by atoms with E-state index in [0.29, 0.717) is 17.9 Å². The van der Waals surface area contributed by atoms with E-state index in [1.807, 2.05) is 49.4 Å². The molecule has 2 aromatic carbocycles. The first-order chi connectivity index (χ1) is 17.2. The summed E-state index contributed by atoms with van der Waals surface area (Å²) in [5, 5.41) is 11.5. The number of rotatable bonds is 5. The summed E-state index contributed by atoms with van der Waals surface area (Å²) < 4.78 is 0. The quantitative estimate of drug-likeness (QED) is 0.312. The van der Waals surface area contributed by atoms with Gasteiger partial charge in [0.05, 0.1) is 28.4 Å². The van der Waals surface area contributed by atoms with E-state index >= 15 is 0 Å². The maximum Gasteiger partial charge on any atom is 0.224 e. The number of hydrogen-bond donors (Lipinski definition) is 3. The van der Waals surface area contributed by atoms with Crippen LogP contribution in [0, 0.1) is 0 Å².